The van der Waals surface area contributed by atoms with Crippen molar-refractivity contribution in [2.24, 2.45) is 0 Å². The van der Waals surface area contributed by atoms with E-state index < -0.39 is 20.9 Å². The van der Waals surface area contributed by atoms with Gasteiger partial charge in [-0.2, -0.15) is 0 Å². The van der Waals surface area contributed by atoms with Gasteiger partial charge in [0.1, 0.15) is 5.56 Å². The smallest absolute Gasteiger partial charge is 0.282 e. The summed E-state index contributed by atoms with van der Waals surface area (Å²) in [6.45, 7) is 1.63. The van der Waals surface area contributed by atoms with Crippen molar-refractivity contribution < 1.29 is 18.1 Å². The average Bonchev–Trinajstić information content (AvgIpc) is 2.70. The number of nitrogens with one attached hydrogen (secondary N) is 2. The van der Waals surface area contributed by atoms with Crippen molar-refractivity contribution >= 4 is 48.9 Å². The number of aryl methyl sites for hydroxylation is 1. The van der Waals surface area contributed by atoms with E-state index in [2.05, 4.69) is 26.0 Å². The molecule has 0 bridgehead atoms. The lowest BCUT2D eigenvalue weighted by atomic mass is 10.1. The third-order valence-corrected chi connectivity index (χ3v) is 6.23. The second-order valence-electron chi connectivity index (χ2n) is 6.32. The van der Waals surface area contributed by atoms with Crippen LogP contribution in [0.15, 0.2) is 76.1 Å². The number of sulfonamides is 1. The number of benzene rings is 3. The lowest BCUT2D eigenvalue weighted by Gasteiger charge is -2.13. The van der Waals surface area contributed by atoms with Gasteiger partial charge in [-0.25, -0.2) is 8.42 Å². The zero-order valence-corrected chi connectivity index (χ0v) is 18.0. The van der Waals surface area contributed by atoms with Gasteiger partial charge in [-0.1, -0.05) is 34.1 Å². The maximum Gasteiger partial charge on any atom is 0.282 e. The number of nitrogens with zero attached hydrogens (tertiary/aromatic N) is 1. The number of hydrogen-bond donors (Lipinski definition) is 2. The Balaban J connectivity index is 1.89. The molecule has 0 atom stereocenters. The van der Waals surface area contributed by atoms with E-state index in [1.54, 1.807) is 37.3 Å². The third-order valence-electron chi connectivity index (χ3n) is 4.18. The fraction of sp³-hybridized carbons (Fsp3) is 0.0500. The molecule has 3 aromatic rings. The van der Waals surface area contributed by atoms with Gasteiger partial charge in [0, 0.05) is 21.9 Å². The first-order chi connectivity index (χ1) is 14.2. The van der Waals surface area contributed by atoms with Gasteiger partial charge in [0.25, 0.3) is 21.6 Å². The number of rotatable bonds is 6. The van der Waals surface area contributed by atoms with E-state index in [1.807, 2.05) is 0 Å². The summed E-state index contributed by atoms with van der Waals surface area (Å²) in [5, 5.41) is 13.7. The highest BCUT2D eigenvalue weighted by molar-refractivity contribution is 9.10. The van der Waals surface area contributed by atoms with Crippen molar-refractivity contribution in [3.63, 3.8) is 0 Å². The highest BCUT2D eigenvalue weighted by Crippen LogP contribution is 2.25. The van der Waals surface area contributed by atoms with Crippen LogP contribution in [0.1, 0.15) is 15.9 Å². The molecule has 154 valence electrons. The molecule has 0 spiro atoms. The number of carbonyl (C=O) groups is 1. The van der Waals surface area contributed by atoms with Crippen molar-refractivity contribution in [3.8, 4) is 0 Å². The fourth-order valence-corrected chi connectivity index (χ4v) is 4.31. The first-order valence-corrected chi connectivity index (χ1v) is 10.9. The monoisotopic (exact) mass is 489 g/mol. The van der Waals surface area contributed by atoms with Crippen LogP contribution in [0.5, 0.6) is 0 Å². The summed E-state index contributed by atoms with van der Waals surface area (Å²) in [5.41, 5.74) is 0.586. The standard InChI is InChI=1S/C20H16BrN3O5S/c1-13-6-9-16(22-20(25)17-4-2-3-5-18(17)24(26)27)12-19(13)30(28,29)23-15-10-7-14(21)8-11-15/h2-12,23H,1H3,(H,22,25). The molecule has 2 N–H and O–H groups in total. The quantitative estimate of drug-likeness (QED) is 0.383. The van der Waals surface area contributed by atoms with Gasteiger partial charge in [0.05, 0.1) is 9.82 Å². The molecule has 0 fully saturated rings. The Morgan fingerprint density at radius 3 is 2.30 bits per heavy atom. The molecule has 0 aliphatic carbocycles. The van der Waals surface area contributed by atoms with Crippen LogP contribution in [0.2, 0.25) is 0 Å². The Morgan fingerprint density at radius 1 is 1.00 bits per heavy atom. The maximum atomic E-state index is 12.8. The minimum absolute atomic E-state index is 0.0224. The number of halogens is 1. The molecular weight excluding hydrogens is 474 g/mol. The number of carbonyl (C=O) groups excluding carboxylic acids is 1. The SMILES string of the molecule is Cc1ccc(NC(=O)c2ccccc2[N+](=O)[O-])cc1S(=O)(=O)Nc1ccc(Br)cc1. The van der Waals surface area contributed by atoms with Gasteiger partial charge < -0.3 is 5.32 Å². The van der Waals surface area contributed by atoms with Crippen LogP contribution < -0.4 is 10.0 Å². The molecule has 0 aromatic heterocycles. The van der Waals surface area contributed by atoms with Crippen LogP contribution in [-0.4, -0.2) is 19.2 Å². The van der Waals surface area contributed by atoms with Gasteiger partial charge in [-0.3, -0.25) is 19.6 Å². The normalized spacial score (nSPS) is 11.0. The average molecular weight is 490 g/mol. The van der Waals surface area contributed by atoms with Crippen molar-refractivity contribution in [2.45, 2.75) is 11.8 Å². The summed E-state index contributed by atoms with van der Waals surface area (Å²) in [5.74, 6) is -0.713. The summed E-state index contributed by atoms with van der Waals surface area (Å²) in [6, 6.07) is 16.5. The number of para-hydroxylation sites is 1. The number of amides is 1. The van der Waals surface area contributed by atoms with Crippen LogP contribution >= 0.6 is 15.9 Å². The molecule has 0 radical (unpaired) electrons. The van der Waals surface area contributed by atoms with Crippen LogP contribution in [0.25, 0.3) is 0 Å². The molecule has 0 unspecified atom stereocenters. The molecule has 30 heavy (non-hydrogen) atoms. The van der Waals surface area contributed by atoms with E-state index in [0.717, 1.165) is 4.47 Å². The Bertz CT molecular complexity index is 1230. The minimum atomic E-state index is -3.93. The van der Waals surface area contributed by atoms with E-state index in [4.69, 9.17) is 0 Å². The summed E-state index contributed by atoms with van der Waals surface area (Å²) in [6.07, 6.45) is 0. The molecule has 0 aliphatic heterocycles. The van der Waals surface area contributed by atoms with Crippen LogP contribution in [-0.2, 0) is 10.0 Å². The number of hydrogen-bond acceptors (Lipinski definition) is 5. The Hall–Kier alpha value is -3.24. The molecule has 10 heteroatoms. The number of nitro groups is 1. The molecule has 8 nitrogen and oxygen atoms in total. The lowest BCUT2D eigenvalue weighted by Crippen LogP contribution is -2.17. The van der Waals surface area contributed by atoms with Crippen LogP contribution in [0.3, 0.4) is 0 Å². The summed E-state index contributed by atoms with van der Waals surface area (Å²) in [7, 11) is -3.93. The predicted octanol–water partition coefficient (Wildman–Crippen LogP) is 4.72. The second-order valence-corrected chi connectivity index (χ2v) is 8.89. The second kappa shape index (κ2) is 8.64. The molecule has 0 saturated carbocycles. The molecule has 0 saturated heterocycles. The van der Waals surface area contributed by atoms with Gasteiger partial charge in [-0.15, -0.1) is 0 Å². The van der Waals surface area contributed by atoms with Gasteiger partial charge in [0.15, 0.2) is 0 Å². The molecule has 0 aliphatic rings. The lowest BCUT2D eigenvalue weighted by molar-refractivity contribution is -0.385. The zero-order chi connectivity index (χ0) is 21.9. The van der Waals surface area contributed by atoms with E-state index in [-0.39, 0.29) is 21.8 Å². The maximum absolute atomic E-state index is 12.8. The van der Waals surface area contributed by atoms with Crippen molar-refractivity contribution in [3.05, 3.63) is 92.4 Å². The largest absolute Gasteiger partial charge is 0.322 e. The predicted molar refractivity (Wildman–Crippen MR) is 117 cm³/mol. The van der Waals surface area contributed by atoms with Crippen molar-refractivity contribution in [1.29, 1.82) is 0 Å². The van der Waals surface area contributed by atoms with Crippen LogP contribution in [0, 0.1) is 17.0 Å². The van der Waals surface area contributed by atoms with E-state index in [1.165, 1.54) is 36.4 Å². The molecule has 1 amide bonds. The first kappa shape index (κ1) is 21.5. The summed E-state index contributed by atoms with van der Waals surface area (Å²) >= 11 is 3.29. The Kier molecular flexibility index (Phi) is 6.18. The van der Waals surface area contributed by atoms with Crippen LogP contribution in [0.4, 0.5) is 17.1 Å². The molecule has 3 rings (SSSR count). The molecule has 3 aromatic carbocycles. The van der Waals surface area contributed by atoms with Crippen molar-refractivity contribution in [1.82, 2.24) is 0 Å². The summed E-state index contributed by atoms with van der Waals surface area (Å²) in [4.78, 5) is 23.0. The van der Waals surface area contributed by atoms with Crippen molar-refractivity contribution in [2.75, 3.05) is 10.0 Å². The van der Waals surface area contributed by atoms with Gasteiger partial charge >= 0.3 is 0 Å². The highest BCUT2D eigenvalue weighted by Gasteiger charge is 2.21. The fourth-order valence-electron chi connectivity index (χ4n) is 2.72. The van der Waals surface area contributed by atoms with E-state index in [0.29, 0.717) is 11.3 Å². The Labute approximate surface area is 181 Å². The first-order valence-electron chi connectivity index (χ1n) is 8.61. The minimum Gasteiger partial charge on any atom is -0.322 e. The highest BCUT2D eigenvalue weighted by atomic mass is 79.9. The molecular formula is C20H16BrN3O5S. The topological polar surface area (TPSA) is 118 Å². The van der Waals surface area contributed by atoms with E-state index in [9.17, 15) is 23.3 Å². The number of nitro benzene ring substituents is 1. The Morgan fingerprint density at radius 2 is 1.63 bits per heavy atom. The molecule has 0 heterocycles. The zero-order valence-electron chi connectivity index (χ0n) is 15.6. The van der Waals surface area contributed by atoms with Gasteiger partial charge in [-0.05, 0) is 55.0 Å². The van der Waals surface area contributed by atoms with Gasteiger partial charge in [0.2, 0.25) is 0 Å². The van der Waals surface area contributed by atoms with E-state index >= 15 is 0 Å². The third kappa shape index (κ3) is 4.84. The number of anilines is 2. The summed E-state index contributed by atoms with van der Waals surface area (Å²) < 4.78 is 29.0.